The molecule has 0 amide bonds. The Morgan fingerprint density at radius 2 is 1.53 bits per heavy atom. The number of benzene rings is 1. The Bertz CT molecular complexity index is 356. The fourth-order valence-corrected chi connectivity index (χ4v) is 4.27. The zero-order chi connectivity index (χ0) is 11.8. The van der Waals surface area contributed by atoms with Crippen LogP contribution in [0.4, 0.5) is 0 Å². The van der Waals surface area contributed by atoms with Gasteiger partial charge in [-0.05, 0) is 0 Å². The van der Waals surface area contributed by atoms with Crippen molar-refractivity contribution < 1.29 is 0 Å². The molecule has 0 spiro atoms. The van der Waals surface area contributed by atoms with Gasteiger partial charge in [0.1, 0.15) is 0 Å². The molecular weight excluding hydrogens is 290 g/mol. The molecule has 0 N–H and O–H groups in total. The van der Waals surface area contributed by atoms with Crippen LogP contribution in [0.5, 0.6) is 0 Å². The standard InChI is InChI=1S/C12H17.2CH3.Sb/c1-9-7-6-8-11(10(9)2)12(3,4)5;;;/h7-8H,1-5H3;2*1H3;. The van der Waals surface area contributed by atoms with E-state index in [1.54, 1.807) is 3.51 Å². The second kappa shape index (κ2) is 4.50. The quantitative estimate of drug-likeness (QED) is 0.696. The van der Waals surface area contributed by atoms with Gasteiger partial charge in [0, 0.05) is 0 Å². The van der Waals surface area contributed by atoms with Crippen LogP contribution in [0.25, 0.3) is 0 Å². The van der Waals surface area contributed by atoms with E-state index >= 15 is 0 Å². The van der Waals surface area contributed by atoms with Gasteiger partial charge < -0.3 is 0 Å². The third-order valence-corrected chi connectivity index (χ3v) is 6.66. The molecule has 0 heterocycles. The van der Waals surface area contributed by atoms with Crippen molar-refractivity contribution in [3.05, 3.63) is 28.8 Å². The third kappa shape index (κ3) is 3.00. The zero-order valence-corrected chi connectivity index (χ0v) is 13.7. The summed E-state index contributed by atoms with van der Waals surface area (Å²) in [6, 6.07) is 4.87. The minimum atomic E-state index is -1.09. The first-order chi connectivity index (χ1) is 6.73. The Hall–Kier alpha value is 0.0382. The SMILES string of the molecule is Cc1c[c]([Sb]([CH3])[CH3])cc(C(C)(C)C)c1C. The molecular formula is C14H23Sb. The Morgan fingerprint density at radius 1 is 1.00 bits per heavy atom. The summed E-state index contributed by atoms with van der Waals surface area (Å²) < 4.78 is 1.64. The normalized spacial score (nSPS) is 12.3. The van der Waals surface area contributed by atoms with Gasteiger partial charge in [0.2, 0.25) is 0 Å². The fraction of sp³-hybridized carbons (Fsp3) is 0.571. The van der Waals surface area contributed by atoms with E-state index < -0.39 is 20.2 Å². The molecule has 0 bridgehead atoms. The first-order valence-electron chi connectivity index (χ1n) is 5.52. The Labute approximate surface area is 102 Å². The molecule has 0 fully saturated rings. The molecule has 1 aromatic carbocycles. The maximum absolute atomic E-state index is 2.46. The van der Waals surface area contributed by atoms with Crippen molar-refractivity contribution in [3.63, 3.8) is 0 Å². The van der Waals surface area contributed by atoms with Crippen LogP contribution in [0.2, 0.25) is 9.74 Å². The second-order valence-corrected chi connectivity index (χ2v) is 12.2. The van der Waals surface area contributed by atoms with Gasteiger partial charge in [0.05, 0.1) is 0 Å². The topological polar surface area (TPSA) is 0 Å². The molecule has 1 heteroatoms. The van der Waals surface area contributed by atoms with Crippen LogP contribution >= 0.6 is 0 Å². The molecule has 84 valence electrons. The van der Waals surface area contributed by atoms with Crippen LogP contribution in [0, 0.1) is 13.8 Å². The van der Waals surface area contributed by atoms with Crippen molar-refractivity contribution in [1.29, 1.82) is 0 Å². The molecule has 1 aromatic rings. The van der Waals surface area contributed by atoms with Gasteiger partial charge in [0.15, 0.2) is 0 Å². The van der Waals surface area contributed by atoms with E-state index in [4.69, 9.17) is 0 Å². The Kier molecular flexibility index (Phi) is 3.93. The molecule has 0 saturated heterocycles. The van der Waals surface area contributed by atoms with Crippen molar-refractivity contribution in [2.45, 2.75) is 49.8 Å². The summed E-state index contributed by atoms with van der Waals surface area (Å²) in [5.41, 5.74) is 4.77. The molecule has 0 nitrogen and oxygen atoms in total. The van der Waals surface area contributed by atoms with Gasteiger partial charge in [-0.3, -0.25) is 0 Å². The van der Waals surface area contributed by atoms with Gasteiger partial charge in [-0.2, -0.15) is 0 Å². The van der Waals surface area contributed by atoms with Crippen LogP contribution < -0.4 is 3.51 Å². The Balaban J connectivity index is 3.38. The summed E-state index contributed by atoms with van der Waals surface area (Å²) >= 11 is -1.09. The van der Waals surface area contributed by atoms with E-state index in [0.717, 1.165) is 0 Å². The summed E-state index contributed by atoms with van der Waals surface area (Å²) in [5.74, 6) is 0. The fourth-order valence-electron chi connectivity index (χ4n) is 1.88. The van der Waals surface area contributed by atoms with Gasteiger partial charge >= 0.3 is 102 Å². The van der Waals surface area contributed by atoms with Gasteiger partial charge in [-0.15, -0.1) is 0 Å². The molecule has 0 unspecified atom stereocenters. The van der Waals surface area contributed by atoms with E-state index in [9.17, 15) is 0 Å². The molecule has 0 atom stereocenters. The molecule has 0 aliphatic rings. The van der Waals surface area contributed by atoms with Gasteiger partial charge in [0.25, 0.3) is 0 Å². The number of hydrogen-bond acceptors (Lipinski definition) is 0. The molecule has 0 aliphatic heterocycles. The van der Waals surface area contributed by atoms with Crippen LogP contribution in [0.3, 0.4) is 0 Å². The van der Waals surface area contributed by atoms with E-state index in [2.05, 4.69) is 56.5 Å². The zero-order valence-electron chi connectivity index (χ0n) is 11.1. The van der Waals surface area contributed by atoms with Gasteiger partial charge in [-0.25, -0.2) is 0 Å². The first kappa shape index (κ1) is 13.1. The van der Waals surface area contributed by atoms with Crippen LogP contribution in [-0.2, 0) is 5.41 Å². The third-order valence-electron chi connectivity index (χ3n) is 2.98. The van der Waals surface area contributed by atoms with Crippen molar-refractivity contribution in [2.24, 2.45) is 0 Å². The average molecular weight is 313 g/mol. The van der Waals surface area contributed by atoms with E-state index in [-0.39, 0.29) is 5.41 Å². The molecule has 0 saturated carbocycles. The van der Waals surface area contributed by atoms with Crippen LogP contribution in [0.1, 0.15) is 37.5 Å². The van der Waals surface area contributed by atoms with Crippen molar-refractivity contribution in [3.8, 4) is 0 Å². The van der Waals surface area contributed by atoms with Crippen LogP contribution in [0.15, 0.2) is 12.1 Å². The molecule has 0 radical (unpaired) electrons. The Morgan fingerprint density at radius 3 is 1.93 bits per heavy atom. The summed E-state index contributed by atoms with van der Waals surface area (Å²) in [6.45, 7) is 11.4. The van der Waals surface area contributed by atoms with E-state index in [1.165, 1.54) is 16.7 Å². The van der Waals surface area contributed by atoms with E-state index in [0.29, 0.717) is 0 Å². The first-order valence-corrected chi connectivity index (χ1v) is 11.9. The van der Waals surface area contributed by atoms with Crippen LogP contribution in [-0.4, -0.2) is 20.2 Å². The maximum atomic E-state index is 2.46. The monoisotopic (exact) mass is 312 g/mol. The molecule has 0 aliphatic carbocycles. The summed E-state index contributed by atoms with van der Waals surface area (Å²) in [4.78, 5) is 4.89. The number of aryl methyl sites for hydroxylation is 1. The molecule has 0 aromatic heterocycles. The van der Waals surface area contributed by atoms with Crippen molar-refractivity contribution in [1.82, 2.24) is 0 Å². The number of rotatable bonds is 1. The summed E-state index contributed by atoms with van der Waals surface area (Å²) in [7, 11) is 0. The molecule has 15 heavy (non-hydrogen) atoms. The average Bonchev–Trinajstić information content (AvgIpc) is 2.06. The molecule has 1 rings (SSSR count). The van der Waals surface area contributed by atoms with Crippen molar-refractivity contribution >= 4 is 23.7 Å². The predicted octanol–water partition coefficient (Wildman–Crippen LogP) is 3.56. The van der Waals surface area contributed by atoms with E-state index in [1.807, 2.05) is 0 Å². The summed E-state index contributed by atoms with van der Waals surface area (Å²) in [6.07, 6.45) is 0. The number of hydrogen-bond donors (Lipinski definition) is 0. The summed E-state index contributed by atoms with van der Waals surface area (Å²) in [5, 5.41) is 0. The minimum absolute atomic E-state index is 0.279. The predicted molar refractivity (Wildman–Crippen MR) is 71.7 cm³/mol. The van der Waals surface area contributed by atoms with Gasteiger partial charge in [-0.1, -0.05) is 0 Å². The second-order valence-electron chi connectivity index (χ2n) is 5.58. The van der Waals surface area contributed by atoms with Crippen molar-refractivity contribution in [2.75, 3.05) is 0 Å².